The lowest BCUT2D eigenvalue weighted by Crippen LogP contribution is -2.34. The van der Waals surface area contributed by atoms with Gasteiger partial charge in [0, 0.05) is 17.1 Å². The summed E-state index contributed by atoms with van der Waals surface area (Å²) in [5.41, 5.74) is 2.41. The second-order valence-electron chi connectivity index (χ2n) is 5.34. The number of thiazole rings is 1. The van der Waals surface area contributed by atoms with E-state index in [0.29, 0.717) is 11.4 Å². The monoisotopic (exact) mass is 338 g/mol. The number of hydrogen-bond donors (Lipinski definition) is 2. The third-order valence-corrected chi connectivity index (χ3v) is 4.37. The molecular weight excluding hydrogens is 324 g/mol. The standard InChI is InChI=1S/C17H14N4O2S/c1-10-16(22)19-12-8-11(5-6-14(12)23-10)13-9-24-17(20-13)21-15-4-2-3-7-18-15/h2-10H,1H3,(H,19,22)(H,18,20,21)/t10-/m0/s1. The third kappa shape index (κ3) is 2.81. The molecule has 6 nitrogen and oxygen atoms in total. The Kier molecular flexibility index (Phi) is 3.62. The summed E-state index contributed by atoms with van der Waals surface area (Å²) in [6.45, 7) is 1.72. The number of hydrogen-bond acceptors (Lipinski definition) is 6. The quantitative estimate of drug-likeness (QED) is 0.762. The lowest BCUT2D eigenvalue weighted by atomic mass is 10.1. The second kappa shape index (κ2) is 5.93. The Morgan fingerprint density at radius 1 is 1.29 bits per heavy atom. The van der Waals surface area contributed by atoms with Crippen molar-refractivity contribution in [3.63, 3.8) is 0 Å². The summed E-state index contributed by atoms with van der Waals surface area (Å²) < 4.78 is 5.57. The SMILES string of the molecule is C[C@@H]1Oc2ccc(-c3csc(Nc4ccccn4)n3)cc2NC1=O. The molecular formula is C17H14N4O2S. The number of nitrogens with zero attached hydrogens (tertiary/aromatic N) is 2. The van der Waals surface area contributed by atoms with Crippen molar-refractivity contribution >= 4 is 33.9 Å². The van der Waals surface area contributed by atoms with Crippen molar-refractivity contribution in [3.8, 4) is 17.0 Å². The van der Waals surface area contributed by atoms with E-state index in [2.05, 4.69) is 20.6 Å². The van der Waals surface area contributed by atoms with Crippen LogP contribution in [0.5, 0.6) is 5.75 Å². The first-order valence-corrected chi connectivity index (χ1v) is 8.32. The Labute approximate surface area is 142 Å². The molecule has 1 aliphatic rings. The van der Waals surface area contributed by atoms with E-state index in [-0.39, 0.29) is 5.91 Å². The highest BCUT2D eigenvalue weighted by Gasteiger charge is 2.23. The molecule has 3 heterocycles. The molecule has 0 bridgehead atoms. The van der Waals surface area contributed by atoms with Crippen LogP contribution >= 0.6 is 11.3 Å². The average Bonchev–Trinajstić information content (AvgIpc) is 3.05. The predicted octanol–water partition coefficient (Wildman–Crippen LogP) is 3.67. The van der Waals surface area contributed by atoms with E-state index in [4.69, 9.17) is 4.74 Å². The summed E-state index contributed by atoms with van der Waals surface area (Å²) in [5.74, 6) is 1.28. The molecule has 1 amide bonds. The van der Waals surface area contributed by atoms with E-state index >= 15 is 0 Å². The number of aromatic nitrogens is 2. The van der Waals surface area contributed by atoms with Gasteiger partial charge in [-0.2, -0.15) is 0 Å². The molecule has 120 valence electrons. The largest absolute Gasteiger partial charge is 0.479 e. The summed E-state index contributed by atoms with van der Waals surface area (Å²) >= 11 is 1.50. The Balaban J connectivity index is 1.59. The van der Waals surface area contributed by atoms with Crippen molar-refractivity contribution < 1.29 is 9.53 Å². The lowest BCUT2D eigenvalue weighted by molar-refractivity contribution is -0.122. The summed E-state index contributed by atoms with van der Waals surface area (Å²) in [5, 5.41) is 8.74. The topological polar surface area (TPSA) is 76.1 Å². The first-order chi connectivity index (χ1) is 11.7. The fourth-order valence-electron chi connectivity index (χ4n) is 2.38. The fourth-order valence-corrected chi connectivity index (χ4v) is 3.10. The van der Waals surface area contributed by atoms with Crippen molar-refractivity contribution in [2.24, 2.45) is 0 Å². The molecule has 0 aliphatic carbocycles. The number of ether oxygens (including phenoxy) is 1. The fraction of sp³-hybridized carbons (Fsp3) is 0.118. The molecule has 1 aromatic carbocycles. The number of fused-ring (bicyclic) bond motifs is 1. The number of benzene rings is 1. The molecule has 0 fully saturated rings. The molecule has 4 rings (SSSR count). The highest BCUT2D eigenvalue weighted by atomic mass is 32.1. The summed E-state index contributed by atoms with van der Waals surface area (Å²) in [6.07, 6.45) is 1.25. The van der Waals surface area contributed by atoms with Crippen molar-refractivity contribution in [1.82, 2.24) is 9.97 Å². The Hall–Kier alpha value is -2.93. The van der Waals surface area contributed by atoms with Gasteiger partial charge in [-0.25, -0.2) is 9.97 Å². The molecule has 0 spiro atoms. The molecule has 0 unspecified atom stereocenters. The van der Waals surface area contributed by atoms with Crippen LogP contribution in [0.15, 0.2) is 48.0 Å². The van der Waals surface area contributed by atoms with E-state index in [1.165, 1.54) is 11.3 Å². The van der Waals surface area contributed by atoms with Crippen LogP contribution in [0.1, 0.15) is 6.92 Å². The van der Waals surface area contributed by atoms with Gasteiger partial charge in [0.05, 0.1) is 11.4 Å². The molecule has 24 heavy (non-hydrogen) atoms. The Bertz CT molecular complexity index is 895. The predicted molar refractivity (Wildman–Crippen MR) is 93.8 cm³/mol. The van der Waals surface area contributed by atoms with E-state index in [9.17, 15) is 4.79 Å². The van der Waals surface area contributed by atoms with E-state index in [0.717, 1.165) is 22.2 Å². The zero-order valence-electron chi connectivity index (χ0n) is 12.8. The van der Waals surface area contributed by atoms with Crippen molar-refractivity contribution in [3.05, 3.63) is 48.0 Å². The number of nitrogens with one attached hydrogen (secondary N) is 2. The molecule has 1 aliphatic heterocycles. The zero-order valence-corrected chi connectivity index (χ0v) is 13.6. The molecule has 1 atom stereocenters. The maximum atomic E-state index is 11.7. The van der Waals surface area contributed by atoms with Crippen LogP contribution in [0.4, 0.5) is 16.6 Å². The number of rotatable bonds is 3. The van der Waals surface area contributed by atoms with Gasteiger partial charge in [0.15, 0.2) is 11.2 Å². The molecule has 0 saturated heterocycles. The Morgan fingerprint density at radius 2 is 2.21 bits per heavy atom. The van der Waals surface area contributed by atoms with Gasteiger partial charge in [-0.3, -0.25) is 4.79 Å². The maximum Gasteiger partial charge on any atom is 0.265 e. The summed E-state index contributed by atoms with van der Waals surface area (Å²) in [4.78, 5) is 20.5. The molecule has 7 heteroatoms. The van der Waals surface area contributed by atoms with Crippen molar-refractivity contribution in [2.75, 3.05) is 10.6 Å². The van der Waals surface area contributed by atoms with Gasteiger partial charge in [0.2, 0.25) is 0 Å². The van der Waals surface area contributed by atoms with Gasteiger partial charge in [0.1, 0.15) is 11.6 Å². The highest BCUT2D eigenvalue weighted by molar-refractivity contribution is 7.14. The van der Waals surface area contributed by atoms with Crippen LogP contribution < -0.4 is 15.4 Å². The Morgan fingerprint density at radius 3 is 3.04 bits per heavy atom. The zero-order chi connectivity index (χ0) is 16.5. The van der Waals surface area contributed by atoms with E-state index < -0.39 is 6.10 Å². The molecule has 0 radical (unpaired) electrons. The van der Waals surface area contributed by atoms with Gasteiger partial charge < -0.3 is 15.4 Å². The first-order valence-electron chi connectivity index (χ1n) is 7.44. The van der Waals surface area contributed by atoms with Gasteiger partial charge in [-0.15, -0.1) is 11.3 Å². The minimum absolute atomic E-state index is 0.143. The van der Waals surface area contributed by atoms with Crippen LogP contribution in [-0.2, 0) is 4.79 Å². The van der Waals surface area contributed by atoms with Gasteiger partial charge in [-0.05, 0) is 37.3 Å². The van der Waals surface area contributed by atoms with Crippen LogP contribution in [0, 0.1) is 0 Å². The smallest absolute Gasteiger partial charge is 0.265 e. The first kappa shape index (κ1) is 14.6. The number of anilines is 3. The van der Waals surface area contributed by atoms with Crippen LogP contribution in [0.25, 0.3) is 11.3 Å². The molecule has 2 N–H and O–H groups in total. The van der Waals surface area contributed by atoms with Crippen molar-refractivity contribution in [1.29, 1.82) is 0 Å². The normalized spacial score (nSPS) is 16.0. The second-order valence-corrected chi connectivity index (χ2v) is 6.20. The number of carbonyl (C=O) groups excluding carboxylic acids is 1. The van der Waals surface area contributed by atoms with Gasteiger partial charge >= 0.3 is 0 Å². The lowest BCUT2D eigenvalue weighted by Gasteiger charge is -2.23. The maximum absolute atomic E-state index is 11.7. The number of carbonyl (C=O) groups is 1. The summed E-state index contributed by atoms with van der Waals surface area (Å²) in [6, 6.07) is 11.3. The van der Waals surface area contributed by atoms with E-state index in [1.54, 1.807) is 13.1 Å². The van der Waals surface area contributed by atoms with Crippen LogP contribution in [0.2, 0.25) is 0 Å². The van der Waals surface area contributed by atoms with Crippen LogP contribution in [-0.4, -0.2) is 22.0 Å². The van der Waals surface area contributed by atoms with E-state index in [1.807, 2.05) is 41.8 Å². The minimum atomic E-state index is -0.475. The van der Waals surface area contributed by atoms with Crippen molar-refractivity contribution in [2.45, 2.75) is 13.0 Å². The molecule has 3 aromatic rings. The summed E-state index contributed by atoms with van der Waals surface area (Å²) in [7, 11) is 0. The average molecular weight is 338 g/mol. The third-order valence-electron chi connectivity index (χ3n) is 3.61. The number of pyridine rings is 1. The van der Waals surface area contributed by atoms with Gasteiger partial charge in [0.25, 0.3) is 5.91 Å². The number of amides is 1. The van der Waals surface area contributed by atoms with Crippen LogP contribution in [0.3, 0.4) is 0 Å². The van der Waals surface area contributed by atoms with Gasteiger partial charge in [-0.1, -0.05) is 6.07 Å². The highest BCUT2D eigenvalue weighted by Crippen LogP contribution is 2.35. The molecule has 2 aromatic heterocycles. The molecule has 0 saturated carbocycles. The minimum Gasteiger partial charge on any atom is -0.479 e.